The summed E-state index contributed by atoms with van der Waals surface area (Å²) in [6, 6.07) is 2.72. The second-order valence-electron chi connectivity index (χ2n) is 7.78. The number of rotatable bonds is 8. The van der Waals surface area contributed by atoms with Gasteiger partial charge in [-0.25, -0.2) is 8.42 Å². The summed E-state index contributed by atoms with van der Waals surface area (Å²) in [5.41, 5.74) is 0.0875. The third kappa shape index (κ3) is 6.69. The van der Waals surface area contributed by atoms with Gasteiger partial charge in [0.2, 0.25) is 0 Å². The summed E-state index contributed by atoms with van der Waals surface area (Å²) in [7, 11) is -3.42. The summed E-state index contributed by atoms with van der Waals surface area (Å²) in [6.45, 7) is 11.5. The van der Waals surface area contributed by atoms with E-state index in [0.717, 1.165) is 0 Å². The van der Waals surface area contributed by atoms with Gasteiger partial charge in [-0.1, -0.05) is 34.6 Å². The number of hydrogen-bond donors (Lipinski definition) is 1. The molecule has 0 aliphatic heterocycles. The molecule has 1 rings (SSSR count). The minimum absolute atomic E-state index is 0.0532. The second-order valence-corrected chi connectivity index (χ2v) is 9.89. The van der Waals surface area contributed by atoms with Crippen molar-refractivity contribution in [3.8, 4) is 0 Å². The van der Waals surface area contributed by atoms with Crippen molar-refractivity contribution in [3.05, 3.63) is 30.1 Å². The Kier molecular flexibility index (Phi) is 7.10. The Morgan fingerprint density at radius 3 is 2.17 bits per heavy atom. The molecule has 1 N–H and O–H groups in total. The van der Waals surface area contributed by atoms with Crippen LogP contribution in [0, 0.1) is 11.3 Å². The molecule has 0 saturated carbocycles. The number of nitrogens with zero attached hydrogens (tertiary/aromatic N) is 1. The lowest BCUT2D eigenvalue weighted by Gasteiger charge is -2.29. The highest BCUT2D eigenvalue weighted by atomic mass is 32.2. The first-order chi connectivity index (χ1) is 10.9. The summed E-state index contributed by atoms with van der Waals surface area (Å²) in [4.78, 5) is 16.6. The molecule has 0 bridgehead atoms. The molecule has 2 unspecified atom stereocenters. The number of hydrogen-bond acceptors (Lipinski definition) is 5. The van der Waals surface area contributed by atoms with Crippen LogP contribution in [0.2, 0.25) is 0 Å². The molecule has 0 radical (unpaired) electrons. The van der Waals surface area contributed by atoms with Crippen LogP contribution >= 0.6 is 0 Å². The van der Waals surface area contributed by atoms with Gasteiger partial charge < -0.3 is 5.32 Å². The molecule has 2 atom stereocenters. The van der Waals surface area contributed by atoms with Crippen LogP contribution in [0.15, 0.2) is 24.5 Å². The van der Waals surface area contributed by atoms with E-state index in [-0.39, 0.29) is 23.3 Å². The predicted octanol–water partition coefficient (Wildman–Crippen LogP) is 2.61. The third-order valence-corrected chi connectivity index (χ3v) is 5.69. The molecule has 5 nitrogen and oxygen atoms in total. The van der Waals surface area contributed by atoms with Gasteiger partial charge in [0, 0.05) is 23.9 Å². The van der Waals surface area contributed by atoms with Gasteiger partial charge in [0.15, 0.2) is 15.6 Å². The number of carbonyl (C=O) groups excluding carboxylic acids is 1. The molecule has 1 aromatic heterocycles. The number of Topliss-reactive ketones (excluding diaryl/α,β-unsaturated/α-hetero) is 1. The molecular weight excluding hydrogens is 324 g/mol. The van der Waals surface area contributed by atoms with Gasteiger partial charge in [0.05, 0.1) is 17.5 Å². The number of sulfone groups is 1. The SMILES string of the molecule is CC(C)C(C)NC(CS(=O)(=O)Cc1ccncc1)C(=O)C(C)(C)C. The molecule has 0 saturated heterocycles. The zero-order valence-corrected chi connectivity index (χ0v) is 16.4. The van der Waals surface area contributed by atoms with E-state index in [0.29, 0.717) is 11.5 Å². The fourth-order valence-corrected chi connectivity index (χ4v) is 3.85. The lowest BCUT2D eigenvalue weighted by atomic mass is 9.86. The third-order valence-electron chi connectivity index (χ3n) is 4.08. The van der Waals surface area contributed by atoms with Gasteiger partial charge in [-0.05, 0) is 30.5 Å². The van der Waals surface area contributed by atoms with E-state index < -0.39 is 21.3 Å². The molecule has 6 heteroatoms. The Balaban J connectivity index is 2.96. The van der Waals surface area contributed by atoms with Crippen LogP contribution in [0.5, 0.6) is 0 Å². The number of ketones is 1. The van der Waals surface area contributed by atoms with Gasteiger partial charge in [-0.2, -0.15) is 0 Å². The van der Waals surface area contributed by atoms with Crippen LogP contribution in [0.4, 0.5) is 0 Å². The maximum atomic E-state index is 12.7. The monoisotopic (exact) mass is 354 g/mol. The number of nitrogens with one attached hydrogen (secondary N) is 1. The Morgan fingerprint density at radius 2 is 1.71 bits per heavy atom. The van der Waals surface area contributed by atoms with Gasteiger partial charge >= 0.3 is 0 Å². The second kappa shape index (κ2) is 8.21. The summed E-state index contributed by atoms with van der Waals surface area (Å²) < 4.78 is 25.2. The van der Waals surface area contributed by atoms with Crippen LogP contribution in [0.3, 0.4) is 0 Å². The van der Waals surface area contributed by atoms with Crippen molar-refractivity contribution in [3.63, 3.8) is 0 Å². The Labute approximate surface area is 146 Å². The Bertz CT molecular complexity index is 634. The molecule has 0 fully saturated rings. The normalized spacial score (nSPS) is 15.3. The van der Waals surface area contributed by atoms with E-state index in [4.69, 9.17) is 0 Å². The highest BCUT2D eigenvalue weighted by Gasteiger charge is 2.34. The van der Waals surface area contributed by atoms with Crippen molar-refractivity contribution >= 4 is 15.6 Å². The van der Waals surface area contributed by atoms with E-state index >= 15 is 0 Å². The van der Waals surface area contributed by atoms with Crippen molar-refractivity contribution in [1.82, 2.24) is 10.3 Å². The van der Waals surface area contributed by atoms with Crippen LogP contribution in [-0.2, 0) is 20.4 Å². The summed E-state index contributed by atoms with van der Waals surface area (Å²) in [5, 5.41) is 3.22. The van der Waals surface area contributed by atoms with Crippen molar-refractivity contribution in [2.75, 3.05) is 5.75 Å². The van der Waals surface area contributed by atoms with E-state index in [1.165, 1.54) is 0 Å². The summed E-state index contributed by atoms with van der Waals surface area (Å²) in [5.74, 6) is -0.0413. The van der Waals surface area contributed by atoms with E-state index in [9.17, 15) is 13.2 Å². The quantitative estimate of drug-likeness (QED) is 0.776. The molecule has 0 aliphatic carbocycles. The van der Waals surface area contributed by atoms with Gasteiger partial charge in [0.1, 0.15) is 0 Å². The zero-order chi connectivity index (χ0) is 18.5. The van der Waals surface area contributed by atoms with Crippen molar-refractivity contribution in [1.29, 1.82) is 0 Å². The zero-order valence-electron chi connectivity index (χ0n) is 15.5. The molecule has 1 aromatic rings. The topological polar surface area (TPSA) is 76.1 Å². The fraction of sp³-hybridized carbons (Fsp3) is 0.667. The smallest absolute Gasteiger partial charge is 0.156 e. The molecular formula is C18H30N2O3S. The van der Waals surface area contributed by atoms with Gasteiger partial charge in [-0.3, -0.25) is 9.78 Å². The maximum Gasteiger partial charge on any atom is 0.156 e. The first kappa shape index (κ1) is 20.8. The maximum absolute atomic E-state index is 12.7. The Hall–Kier alpha value is -1.27. The first-order valence-electron chi connectivity index (χ1n) is 8.32. The highest BCUT2D eigenvalue weighted by molar-refractivity contribution is 7.90. The van der Waals surface area contributed by atoms with Crippen LogP contribution in [0.1, 0.15) is 47.1 Å². The van der Waals surface area contributed by atoms with Gasteiger partial charge in [-0.15, -0.1) is 0 Å². The highest BCUT2D eigenvalue weighted by Crippen LogP contribution is 2.19. The average Bonchev–Trinajstić information content (AvgIpc) is 2.44. The lowest BCUT2D eigenvalue weighted by Crippen LogP contribution is -2.51. The van der Waals surface area contributed by atoms with Crippen LogP contribution in [0.25, 0.3) is 0 Å². The van der Waals surface area contributed by atoms with Crippen molar-refractivity contribution in [2.24, 2.45) is 11.3 Å². The Morgan fingerprint density at radius 1 is 1.17 bits per heavy atom. The number of carbonyl (C=O) groups is 1. The standard InChI is InChI=1S/C18H30N2O3S/c1-13(2)14(3)20-16(17(21)18(4,5)6)12-24(22,23)11-15-7-9-19-10-8-15/h7-10,13-14,16,20H,11-12H2,1-6H3. The van der Waals surface area contributed by atoms with E-state index in [1.54, 1.807) is 24.5 Å². The average molecular weight is 355 g/mol. The molecule has 0 aromatic carbocycles. The van der Waals surface area contributed by atoms with Crippen LogP contribution < -0.4 is 5.32 Å². The molecule has 0 spiro atoms. The minimum Gasteiger partial charge on any atom is -0.304 e. The summed E-state index contributed by atoms with van der Waals surface area (Å²) >= 11 is 0. The molecule has 1 heterocycles. The molecule has 136 valence electrons. The van der Waals surface area contributed by atoms with E-state index in [1.807, 2.05) is 41.5 Å². The molecule has 24 heavy (non-hydrogen) atoms. The summed E-state index contributed by atoms with van der Waals surface area (Å²) in [6.07, 6.45) is 3.14. The lowest BCUT2D eigenvalue weighted by molar-refractivity contribution is -0.128. The van der Waals surface area contributed by atoms with Crippen molar-refractivity contribution < 1.29 is 13.2 Å². The molecule has 0 amide bonds. The minimum atomic E-state index is -3.42. The number of pyridine rings is 1. The first-order valence-corrected chi connectivity index (χ1v) is 10.1. The van der Waals surface area contributed by atoms with Gasteiger partial charge in [0.25, 0.3) is 0 Å². The number of aromatic nitrogens is 1. The van der Waals surface area contributed by atoms with E-state index in [2.05, 4.69) is 10.3 Å². The van der Waals surface area contributed by atoms with Crippen LogP contribution in [-0.4, -0.2) is 37.0 Å². The van der Waals surface area contributed by atoms with Crippen molar-refractivity contribution in [2.45, 2.75) is 59.4 Å². The molecule has 0 aliphatic rings. The largest absolute Gasteiger partial charge is 0.304 e. The predicted molar refractivity (Wildman–Crippen MR) is 97.4 cm³/mol. The fourth-order valence-electron chi connectivity index (χ4n) is 2.28.